The molecule has 3 rings (SSSR count). The van der Waals surface area contributed by atoms with Gasteiger partial charge in [-0.05, 0) is 31.0 Å². The van der Waals surface area contributed by atoms with E-state index in [4.69, 9.17) is 4.74 Å². The molecular formula is C21H24N2O4. The smallest absolute Gasteiger partial charge is 0.337 e. The molecule has 1 aromatic heterocycles. The number of aliphatic hydroxyl groups is 1. The first-order valence-electron chi connectivity index (χ1n) is 8.97. The van der Waals surface area contributed by atoms with Crippen molar-refractivity contribution in [3.05, 3.63) is 60.0 Å². The van der Waals surface area contributed by atoms with E-state index in [9.17, 15) is 14.7 Å². The van der Waals surface area contributed by atoms with Crippen LogP contribution >= 0.6 is 0 Å². The number of carbonyl (C=O) groups is 2. The van der Waals surface area contributed by atoms with Crippen LogP contribution in [-0.2, 0) is 20.7 Å². The Bertz CT molecular complexity index is 875. The summed E-state index contributed by atoms with van der Waals surface area (Å²) in [7, 11) is 1.25. The van der Waals surface area contributed by atoms with Crippen LogP contribution in [-0.4, -0.2) is 36.0 Å². The lowest BCUT2D eigenvalue weighted by atomic mass is 9.80. The van der Waals surface area contributed by atoms with E-state index < -0.39 is 17.8 Å². The summed E-state index contributed by atoms with van der Waals surface area (Å²) in [6, 6.07) is 8.04. The Morgan fingerprint density at radius 3 is 2.89 bits per heavy atom. The van der Waals surface area contributed by atoms with Gasteiger partial charge in [0.2, 0.25) is 0 Å². The van der Waals surface area contributed by atoms with Gasteiger partial charge >= 0.3 is 5.97 Å². The number of fused-ring (bicyclic) bond motifs is 3. The van der Waals surface area contributed by atoms with E-state index in [0.717, 1.165) is 36.7 Å². The highest BCUT2D eigenvalue weighted by Gasteiger charge is 2.33. The third kappa shape index (κ3) is 3.53. The topological polar surface area (TPSA) is 91.4 Å². The lowest BCUT2D eigenvalue weighted by molar-refractivity contribution is -0.137. The molecule has 2 aromatic rings. The number of aromatic amines is 1. The fourth-order valence-electron chi connectivity index (χ4n) is 3.94. The minimum atomic E-state index is -0.649. The van der Waals surface area contributed by atoms with Crippen LogP contribution in [0.15, 0.2) is 48.8 Å². The van der Waals surface area contributed by atoms with Crippen LogP contribution in [0.25, 0.3) is 10.9 Å². The summed E-state index contributed by atoms with van der Waals surface area (Å²) in [6.45, 7) is 4.50. The van der Waals surface area contributed by atoms with Crippen molar-refractivity contribution in [2.24, 2.45) is 11.8 Å². The number of esters is 1. The number of aromatic nitrogens is 1. The molecule has 0 amide bonds. The largest absolute Gasteiger partial charge is 0.515 e. The van der Waals surface area contributed by atoms with Crippen LogP contribution in [0, 0.1) is 11.8 Å². The quantitative estimate of drug-likeness (QED) is 0.230. The van der Waals surface area contributed by atoms with E-state index >= 15 is 0 Å². The molecule has 0 radical (unpaired) electrons. The van der Waals surface area contributed by atoms with Crippen molar-refractivity contribution >= 4 is 23.2 Å². The average Bonchev–Trinajstić information content (AvgIpc) is 3.09. The summed E-state index contributed by atoms with van der Waals surface area (Å²) in [5.74, 6) is -1.81. The molecule has 3 atom stereocenters. The van der Waals surface area contributed by atoms with Crippen molar-refractivity contribution in [3.63, 3.8) is 0 Å². The van der Waals surface area contributed by atoms with Crippen LogP contribution < -0.4 is 5.32 Å². The zero-order valence-electron chi connectivity index (χ0n) is 15.3. The van der Waals surface area contributed by atoms with Gasteiger partial charge in [-0.15, -0.1) is 6.58 Å². The first-order chi connectivity index (χ1) is 13.1. The first kappa shape index (κ1) is 18.9. The van der Waals surface area contributed by atoms with Crippen LogP contribution in [0.5, 0.6) is 0 Å². The van der Waals surface area contributed by atoms with Gasteiger partial charge in [0.05, 0.1) is 18.9 Å². The van der Waals surface area contributed by atoms with Crippen LogP contribution in [0.3, 0.4) is 0 Å². The Morgan fingerprint density at radius 2 is 2.22 bits per heavy atom. The van der Waals surface area contributed by atoms with Crippen molar-refractivity contribution in [2.75, 3.05) is 13.7 Å². The van der Waals surface area contributed by atoms with E-state index in [1.54, 1.807) is 0 Å². The maximum Gasteiger partial charge on any atom is 0.337 e. The lowest BCUT2D eigenvalue weighted by Crippen LogP contribution is -2.34. The average molecular weight is 368 g/mol. The van der Waals surface area contributed by atoms with Gasteiger partial charge in [0.25, 0.3) is 0 Å². The van der Waals surface area contributed by atoms with Crippen molar-refractivity contribution in [3.8, 4) is 0 Å². The highest BCUT2D eigenvalue weighted by atomic mass is 16.5. The van der Waals surface area contributed by atoms with Gasteiger partial charge in [-0.2, -0.15) is 0 Å². The highest BCUT2D eigenvalue weighted by molar-refractivity contribution is 5.89. The van der Waals surface area contributed by atoms with Gasteiger partial charge in [0.15, 0.2) is 0 Å². The lowest BCUT2D eigenvalue weighted by Gasteiger charge is -2.30. The van der Waals surface area contributed by atoms with Crippen molar-refractivity contribution in [1.82, 2.24) is 10.3 Å². The predicted molar refractivity (Wildman–Crippen MR) is 103 cm³/mol. The van der Waals surface area contributed by atoms with Gasteiger partial charge in [0, 0.05) is 34.5 Å². The zero-order valence-corrected chi connectivity index (χ0v) is 15.3. The summed E-state index contributed by atoms with van der Waals surface area (Å²) >= 11 is 0. The molecule has 0 fully saturated rings. The Labute approximate surface area is 157 Å². The molecule has 142 valence electrons. The monoisotopic (exact) mass is 368 g/mol. The maximum atomic E-state index is 12.1. The van der Waals surface area contributed by atoms with Gasteiger partial charge in [-0.3, -0.25) is 0 Å². The first-order valence-corrected chi connectivity index (χ1v) is 8.97. The highest BCUT2D eigenvalue weighted by Crippen LogP contribution is 2.36. The van der Waals surface area contributed by atoms with E-state index in [1.165, 1.54) is 24.1 Å². The molecule has 1 aliphatic heterocycles. The third-order valence-electron chi connectivity index (χ3n) is 5.30. The standard InChI is InChI=1S/C21H24N2O4/c1-3-13(11-24)16(17(12-25)21(26)27-2)10-19-20-15(8-9-22-19)14-6-4-5-7-18(14)23-20/h3-7,11-13,16,19,22-23,25H,1,8-10H2,2H3. The van der Waals surface area contributed by atoms with Crippen LogP contribution in [0.2, 0.25) is 0 Å². The number of H-pyrrole nitrogens is 1. The van der Waals surface area contributed by atoms with Crippen molar-refractivity contribution in [1.29, 1.82) is 0 Å². The molecule has 1 aliphatic rings. The zero-order chi connectivity index (χ0) is 19.4. The predicted octanol–water partition coefficient (Wildman–Crippen LogP) is 2.98. The summed E-state index contributed by atoms with van der Waals surface area (Å²) in [5, 5.41) is 14.3. The summed E-state index contributed by atoms with van der Waals surface area (Å²) in [4.78, 5) is 27.2. The number of allylic oxidation sites excluding steroid dienone is 1. The number of rotatable bonds is 7. The van der Waals surface area contributed by atoms with Gasteiger partial charge < -0.3 is 24.9 Å². The number of aldehydes is 1. The number of ether oxygens (including phenoxy) is 1. The van der Waals surface area contributed by atoms with Gasteiger partial charge in [0.1, 0.15) is 6.29 Å². The van der Waals surface area contributed by atoms with E-state index in [1.807, 2.05) is 18.2 Å². The molecule has 6 heteroatoms. The number of aliphatic hydroxyl groups excluding tert-OH is 1. The molecule has 3 unspecified atom stereocenters. The molecule has 1 aromatic carbocycles. The molecule has 0 bridgehead atoms. The number of hydrogen-bond acceptors (Lipinski definition) is 5. The number of nitrogens with one attached hydrogen (secondary N) is 2. The Kier molecular flexibility index (Phi) is 5.76. The molecule has 2 heterocycles. The van der Waals surface area contributed by atoms with Crippen LogP contribution in [0.4, 0.5) is 0 Å². The second-order valence-corrected chi connectivity index (χ2v) is 6.69. The number of benzene rings is 1. The molecule has 0 aliphatic carbocycles. The maximum absolute atomic E-state index is 12.1. The summed E-state index contributed by atoms with van der Waals surface area (Å²) in [5.41, 5.74) is 3.44. The van der Waals surface area contributed by atoms with E-state index in [0.29, 0.717) is 6.42 Å². The molecule has 0 saturated carbocycles. The van der Waals surface area contributed by atoms with Gasteiger partial charge in [-0.25, -0.2) is 4.79 Å². The molecule has 3 N–H and O–H groups in total. The second-order valence-electron chi connectivity index (χ2n) is 6.69. The Hall–Kier alpha value is -2.86. The normalized spacial score (nSPS) is 19.1. The summed E-state index contributed by atoms with van der Waals surface area (Å²) < 4.78 is 4.78. The minimum Gasteiger partial charge on any atom is -0.515 e. The number of para-hydroxylation sites is 1. The number of carbonyl (C=O) groups excluding carboxylic acids is 2. The van der Waals surface area contributed by atoms with E-state index in [-0.39, 0.29) is 11.6 Å². The number of hydrogen-bond donors (Lipinski definition) is 3. The molecule has 0 saturated heterocycles. The second kappa shape index (κ2) is 8.22. The molecule has 0 spiro atoms. The Balaban J connectivity index is 1.99. The third-order valence-corrected chi connectivity index (χ3v) is 5.30. The Morgan fingerprint density at radius 1 is 1.44 bits per heavy atom. The van der Waals surface area contributed by atoms with Crippen LogP contribution in [0.1, 0.15) is 23.7 Å². The molecule has 6 nitrogen and oxygen atoms in total. The number of methoxy groups -OCH3 is 1. The molecular weight excluding hydrogens is 344 g/mol. The van der Waals surface area contributed by atoms with Crippen molar-refractivity contribution in [2.45, 2.75) is 18.9 Å². The van der Waals surface area contributed by atoms with Crippen molar-refractivity contribution < 1.29 is 19.4 Å². The fraction of sp³-hybridized carbons (Fsp3) is 0.333. The summed E-state index contributed by atoms with van der Waals surface area (Å²) in [6.07, 6.45) is 4.33. The van der Waals surface area contributed by atoms with E-state index in [2.05, 4.69) is 22.9 Å². The SMILES string of the molecule is C=CC(C=O)C(CC1NCCc2c1[nH]c1ccccc21)C(=CO)C(=O)OC. The minimum absolute atomic E-state index is 0.0690. The fourth-order valence-corrected chi connectivity index (χ4v) is 3.94. The molecule has 27 heavy (non-hydrogen) atoms. The van der Waals surface area contributed by atoms with Gasteiger partial charge in [-0.1, -0.05) is 24.3 Å².